The summed E-state index contributed by atoms with van der Waals surface area (Å²) >= 11 is 1.27. The molecular formula is C18H15O4S. The molecule has 1 unspecified atom stereocenters. The molecule has 117 valence electrons. The lowest BCUT2D eigenvalue weighted by atomic mass is 10.0. The Morgan fingerprint density at radius 3 is 2.43 bits per heavy atom. The summed E-state index contributed by atoms with van der Waals surface area (Å²) in [7, 11) is 0. The van der Waals surface area contributed by atoms with Crippen molar-refractivity contribution in [3.05, 3.63) is 76.4 Å². The molecule has 0 aliphatic carbocycles. The van der Waals surface area contributed by atoms with Crippen LogP contribution in [0.25, 0.3) is 0 Å². The lowest BCUT2D eigenvalue weighted by Crippen LogP contribution is -2.20. The summed E-state index contributed by atoms with van der Waals surface area (Å²) in [6, 6.07) is 15.8. The van der Waals surface area contributed by atoms with Crippen molar-refractivity contribution in [3.63, 3.8) is 0 Å². The van der Waals surface area contributed by atoms with Crippen molar-refractivity contribution >= 4 is 17.7 Å². The smallest absolute Gasteiger partial charge is 0.348 e. The number of aliphatic hydroxyl groups excluding tert-OH is 1. The number of carbonyl (C=O) groups excluding carboxylic acids is 1. The fourth-order valence-corrected chi connectivity index (χ4v) is 3.27. The molecule has 0 amide bonds. The highest BCUT2D eigenvalue weighted by Gasteiger charge is 2.30. The summed E-state index contributed by atoms with van der Waals surface area (Å²) in [5.74, 6) is 0.00393. The molecule has 1 aliphatic heterocycles. The van der Waals surface area contributed by atoms with Gasteiger partial charge in [-0.25, -0.2) is 4.79 Å². The standard InChI is InChI=1S/C18H15O4S/c19-14-8-6-13(7-9-14)16-10-15(20)17(18(21)22-16)23-11-12-4-2-1-3-5-12/h1-9,16,20H,10-11H2. The lowest BCUT2D eigenvalue weighted by Gasteiger charge is -2.24. The number of carbonyl (C=O) groups is 1. The zero-order chi connectivity index (χ0) is 16.2. The molecule has 0 fully saturated rings. The molecule has 2 aromatic rings. The Morgan fingerprint density at radius 1 is 1.09 bits per heavy atom. The highest BCUT2D eigenvalue weighted by molar-refractivity contribution is 8.03. The Morgan fingerprint density at radius 2 is 1.78 bits per heavy atom. The Labute approximate surface area is 138 Å². The highest BCUT2D eigenvalue weighted by Crippen LogP contribution is 2.37. The van der Waals surface area contributed by atoms with Gasteiger partial charge in [0.1, 0.15) is 16.8 Å². The van der Waals surface area contributed by atoms with Crippen molar-refractivity contribution in [1.82, 2.24) is 0 Å². The fraction of sp³-hybridized carbons (Fsp3) is 0.167. The number of hydrogen-bond donors (Lipinski definition) is 1. The van der Waals surface area contributed by atoms with E-state index in [1.807, 2.05) is 30.3 Å². The molecule has 1 aliphatic rings. The van der Waals surface area contributed by atoms with Crippen LogP contribution in [0.15, 0.2) is 65.3 Å². The summed E-state index contributed by atoms with van der Waals surface area (Å²) < 4.78 is 5.40. The average molecular weight is 327 g/mol. The van der Waals surface area contributed by atoms with Crippen LogP contribution in [0.3, 0.4) is 0 Å². The minimum atomic E-state index is -0.552. The summed E-state index contributed by atoms with van der Waals surface area (Å²) in [5, 5.41) is 21.3. The SMILES string of the molecule is [O]c1ccc(C2CC(O)=C(SCc3ccccc3)C(=O)O2)cc1. The van der Waals surface area contributed by atoms with Crippen LogP contribution in [0.2, 0.25) is 0 Å². The molecule has 1 heterocycles. The Kier molecular flexibility index (Phi) is 4.57. The minimum Gasteiger partial charge on any atom is -0.511 e. The normalized spacial score (nSPS) is 17.9. The number of aliphatic hydroxyl groups is 1. The zero-order valence-corrected chi connectivity index (χ0v) is 13.1. The highest BCUT2D eigenvalue weighted by atomic mass is 32.2. The second kappa shape index (κ2) is 6.79. The fourth-order valence-electron chi connectivity index (χ4n) is 2.35. The van der Waals surface area contributed by atoms with Gasteiger partial charge in [0, 0.05) is 12.2 Å². The van der Waals surface area contributed by atoms with Crippen LogP contribution in [0.4, 0.5) is 0 Å². The van der Waals surface area contributed by atoms with Gasteiger partial charge in [0.2, 0.25) is 0 Å². The molecule has 1 radical (unpaired) electrons. The topological polar surface area (TPSA) is 66.4 Å². The van der Waals surface area contributed by atoms with Crippen molar-refractivity contribution in [2.75, 3.05) is 0 Å². The first kappa shape index (κ1) is 15.5. The van der Waals surface area contributed by atoms with Crippen LogP contribution in [0, 0.1) is 0 Å². The lowest BCUT2D eigenvalue weighted by molar-refractivity contribution is -0.146. The van der Waals surface area contributed by atoms with Gasteiger partial charge in [-0.2, -0.15) is 0 Å². The monoisotopic (exact) mass is 327 g/mol. The molecule has 0 aromatic heterocycles. The van der Waals surface area contributed by atoms with E-state index in [1.54, 1.807) is 12.1 Å². The van der Waals surface area contributed by atoms with Gasteiger partial charge in [0.25, 0.3) is 0 Å². The Balaban J connectivity index is 1.71. The van der Waals surface area contributed by atoms with Crippen LogP contribution < -0.4 is 0 Å². The molecule has 0 saturated heterocycles. The number of thioether (sulfide) groups is 1. The van der Waals surface area contributed by atoms with Gasteiger partial charge in [-0.05, 0) is 23.3 Å². The van der Waals surface area contributed by atoms with Gasteiger partial charge in [-0.15, -0.1) is 11.8 Å². The van der Waals surface area contributed by atoms with Crippen LogP contribution >= 0.6 is 11.8 Å². The molecule has 1 N–H and O–H groups in total. The number of cyclic esters (lactones) is 1. The van der Waals surface area contributed by atoms with E-state index in [9.17, 15) is 15.0 Å². The van der Waals surface area contributed by atoms with Gasteiger partial charge < -0.3 is 9.84 Å². The van der Waals surface area contributed by atoms with Gasteiger partial charge >= 0.3 is 5.97 Å². The number of benzene rings is 2. The number of esters is 1. The second-order valence-electron chi connectivity index (χ2n) is 5.22. The van der Waals surface area contributed by atoms with E-state index in [4.69, 9.17) is 4.74 Å². The molecule has 1 atom stereocenters. The van der Waals surface area contributed by atoms with Crippen LogP contribution in [-0.2, 0) is 20.4 Å². The maximum Gasteiger partial charge on any atom is 0.348 e. The van der Waals surface area contributed by atoms with E-state index >= 15 is 0 Å². The zero-order valence-electron chi connectivity index (χ0n) is 12.3. The molecule has 2 aromatic carbocycles. The van der Waals surface area contributed by atoms with Crippen molar-refractivity contribution in [1.29, 1.82) is 0 Å². The molecular weight excluding hydrogens is 312 g/mol. The van der Waals surface area contributed by atoms with Crippen LogP contribution in [0.5, 0.6) is 5.75 Å². The van der Waals surface area contributed by atoms with E-state index in [-0.39, 0.29) is 22.8 Å². The number of rotatable bonds is 4. The summed E-state index contributed by atoms with van der Waals surface area (Å²) in [6.07, 6.45) is -0.328. The number of ether oxygens (including phenoxy) is 1. The molecule has 3 rings (SSSR count). The van der Waals surface area contributed by atoms with Gasteiger partial charge in [0.15, 0.2) is 5.75 Å². The van der Waals surface area contributed by atoms with Gasteiger partial charge in [0.05, 0.1) is 0 Å². The second-order valence-corrected chi connectivity index (χ2v) is 6.20. The third-order valence-electron chi connectivity index (χ3n) is 3.55. The third kappa shape index (κ3) is 3.68. The predicted molar refractivity (Wildman–Crippen MR) is 87.4 cm³/mol. The van der Waals surface area contributed by atoms with Gasteiger partial charge in [-0.3, -0.25) is 5.11 Å². The van der Waals surface area contributed by atoms with E-state index in [0.717, 1.165) is 5.56 Å². The third-order valence-corrected chi connectivity index (χ3v) is 4.72. The van der Waals surface area contributed by atoms with E-state index < -0.39 is 12.1 Å². The van der Waals surface area contributed by atoms with Crippen LogP contribution in [-0.4, -0.2) is 11.1 Å². The first-order valence-corrected chi connectivity index (χ1v) is 8.19. The molecule has 5 heteroatoms. The summed E-state index contributed by atoms with van der Waals surface area (Å²) in [5.41, 5.74) is 1.77. The van der Waals surface area contributed by atoms with Crippen LogP contribution in [0.1, 0.15) is 23.7 Å². The Bertz CT molecular complexity index is 722. The van der Waals surface area contributed by atoms with E-state index in [2.05, 4.69) is 0 Å². The van der Waals surface area contributed by atoms with E-state index in [0.29, 0.717) is 11.3 Å². The van der Waals surface area contributed by atoms with E-state index in [1.165, 1.54) is 23.9 Å². The summed E-state index contributed by atoms with van der Waals surface area (Å²) in [6.45, 7) is 0. The first-order valence-electron chi connectivity index (χ1n) is 7.20. The molecule has 23 heavy (non-hydrogen) atoms. The maximum absolute atomic E-state index is 12.2. The molecule has 0 spiro atoms. The average Bonchev–Trinajstić information content (AvgIpc) is 2.55. The minimum absolute atomic E-state index is 0.0402. The quantitative estimate of drug-likeness (QED) is 0.838. The van der Waals surface area contributed by atoms with Gasteiger partial charge in [-0.1, -0.05) is 42.5 Å². The van der Waals surface area contributed by atoms with Crippen molar-refractivity contribution < 1.29 is 19.7 Å². The Hall–Kier alpha value is -2.40. The predicted octanol–water partition coefficient (Wildman–Crippen LogP) is 4.52. The van der Waals surface area contributed by atoms with Crippen molar-refractivity contribution in [2.24, 2.45) is 0 Å². The number of hydrogen-bond acceptors (Lipinski definition) is 4. The summed E-state index contributed by atoms with van der Waals surface area (Å²) in [4.78, 5) is 12.4. The molecule has 0 bridgehead atoms. The molecule has 4 nitrogen and oxygen atoms in total. The largest absolute Gasteiger partial charge is 0.511 e. The molecule has 0 saturated carbocycles. The first-order chi connectivity index (χ1) is 11.1. The van der Waals surface area contributed by atoms with Crippen molar-refractivity contribution in [2.45, 2.75) is 18.3 Å². The maximum atomic E-state index is 12.2. The van der Waals surface area contributed by atoms with Crippen molar-refractivity contribution in [3.8, 4) is 5.75 Å².